The topological polar surface area (TPSA) is 110 Å². The molecule has 0 aliphatic carbocycles. The van der Waals surface area contributed by atoms with Crippen LogP contribution in [0.5, 0.6) is 0 Å². The SMILES string of the molecule is O=[N+]([O-])c1ccc(Cl)c(S(=O)(=O)NCCCO)c1. The number of nitrogens with zero attached hydrogens (tertiary/aromatic N) is 1. The van der Waals surface area contributed by atoms with Crippen LogP contribution >= 0.6 is 11.6 Å². The Hall–Kier alpha value is -1.22. The molecule has 0 radical (unpaired) electrons. The van der Waals surface area contributed by atoms with Crippen molar-refractivity contribution in [2.24, 2.45) is 0 Å². The third kappa shape index (κ3) is 3.64. The lowest BCUT2D eigenvalue weighted by Gasteiger charge is -2.07. The van der Waals surface area contributed by atoms with Gasteiger partial charge in [-0.05, 0) is 12.5 Å². The van der Waals surface area contributed by atoms with Crippen LogP contribution in [0, 0.1) is 10.1 Å². The van der Waals surface area contributed by atoms with E-state index in [1.165, 1.54) is 0 Å². The average Bonchev–Trinajstić information content (AvgIpc) is 2.29. The number of aliphatic hydroxyl groups excluding tert-OH is 1. The number of aliphatic hydroxyl groups is 1. The van der Waals surface area contributed by atoms with Gasteiger partial charge in [0.1, 0.15) is 4.90 Å². The molecule has 2 N–H and O–H groups in total. The van der Waals surface area contributed by atoms with E-state index in [9.17, 15) is 18.5 Å². The number of halogens is 1. The largest absolute Gasteiger partial charge is 0.396 e. The fourth-order valence-corrected chi connectivity index (χ4v) is 2.77. The predicted octanol–water partition coefficient (Wildman–Crippen LogP) is 0.909. The van der Waals surface area contributed by atoms with Gasteiger partial charge in [0.25, 0.3) is 5.69 Å². The molecule has 0 atom stereocenters. The second kappa shape index (κ2) is 6.10. The number of hydrogen-bond acceptors (Lipinski definition) is 5. The zero-order valence-corrected chi connectivity index (χ0v) is 10.7. The summed E-state index contributed by atoms with van der Waals surface area (Å²) < 4.78 is 25.8. The highest BCUT2D eigenvalue weighted by Gasteiger charge is 2.20. The Morgan fingerprint density at radius 3 is 2.67 bits per heavy atom. The molecule has 0 saturated heterocycles. The highest BCUT2D eigenvalue weighted by atomic mass is 35.5. The van der Waals surface area contributed by atoms with Crippen molar-refractivity contribution >= 4 is 27.3 Å². The van der Waals surface area contributed by atoms with Crippen LogP contribution in [0.15, 0.2) is 23.1 Å². The van der Waals surface area contributed by atoms with E-state index in [2.05, 4.69) is 4.72 Å². The minimum atomic E-state index is -3.92. The van der Waals surface area contributed by atoms with Crippen molar-refractivity contribution in [2.45, 2.75) is 11.3 Å². The normalized spacial score (nSPS) is 11.4. The van der Waals surface area contributed by atoms with Crippen LogP contribution in [0.1, 0.15) is 6.42 Å². The van der Waals surface area contributed by atoms with Gasteiger partial charge in [-0.2, -0.15) is 0 Å². The number of nitro groups is 1. The first-order chi connectivity index (χ1) is 8.38. The maximum atomic E-state index is 11.8. The van der Waals surface area contributed by atoms with Gasteiger partial charge in [0.2, 0.25) is 10.0 Å². The summed E-state index contributed by atoms with van der Waals surface area (Å²) >= 11 is 5.71. The van der Waals surface area contributed by atoms with Gasteiger partial charge in [0.15, 0.2) is 0 Å². The third-order valence-corrected chi connectivity index (χ3v) is 3.98. The number of rotatable bonds is 6. The van der Waals surface area contributed by atoms with E-state index < -0.39 is 14.9 Å². The summed E-state index contributed by atoms with van der Waals surface area (Å²) in [6, 6.07) is 3.17. The van der Waals surface area contributed by atoms with Crippen LogP contribution in [0.2, 0.25) is 5.02 Å². The zero-order chi connectivity index (χ0) is 13.8. The maximum absolute atomic E-state index is 11.8. The molecule has 7 nitrogen and oxygen atoms in total. The Kier molecular flexibility index (Phi) is 5.03. The summed E-state index contributed by atoms with van der Waals surface area (Å²) in [5.41, 5.74) is -0.359. The first kappa shape index (κ1) is 14.8. The molecular weight excluding hydrogens is 284 g/mol. The Bertz CT molecular complexity index is 546. The van der Waals surface area contributed by atoms with Crippen LogP contribution in [-0.4, -0.2) is 31.6 Å². The molecule has 1 rings (SSSR count). The third-order valence-electron chi connectivity index (χ3n) is 2.04. The number of benzene rings is 1. The van der Waals surface area contributed by atoms with Gasteiger partial charge < -0.3 is 5.11 Å². The van der Waals surface area contributed by atoms with Gasteiger partial charge in [-0.25, -0.2) is 13.1 Å². The summed E-state index contributed by atoms with van der Waals surface area (Å²) in [6.07, 6.45) is 0.242. The second-order valence-corrected chi connectivity index (χ2v) is 5.49. The Labute approximate surface area is 109 Å². The van der Waals surface area contributed by atoms with Crippen LogP contribution in [0.3, 0.4) is 0 Å². The standard InChI is InChI=1S/C9H11ClN2O5S/c10-8-3-2-7(12(14)15)6-9(8)18(16,17)11-4-1-5-13/h2-3,6,11,13H,1,4-5H2. The molecule has 0 bridgehead atoms. The number of hydrogen-bond donors (Lipinski definition) is 2. The van der Waals surface area contributed by atoms with Gasteiger partial charge in [0.05, 0.1) is 9.95 Å². The van der Waals surface area contributed by atoms with Crippen molar-refractivity contribution in [3.05, 3.63) is 33.3 Å². The van der Waals surface area contributed by atoms with E-state index in [1.807, 2.05) is 0 Å². The van der Waals surface area contributed by atoms with Crippen LogP contribution in [0.4, 0.5) is 5.69 Å². The smallest absolute Gasteiger partial charge is 0.270 e. The van der Waals surface area contributed by atoms with Gasteiger partial charge in [-0.3, -0.25) is 10.1 Å². The van der Waals surface area contributed by atoms with E-state index >= 15 is 0 Å². The Balaban J connectivity index is 3.07. The van der Waals surface area contributed by atoms with Crippen LogP contribution in [-0.2, 0) is 10.0 Å². The number of nitrogens with one attached hydrogen (secondary N) is 1. The molecule has 0 amide bonds. The molecule has 0 aromatic heterocycles. The van der Waals surface area contributed by atoms with Gasteiger partial charge in [0, 0.05) is 25.3 Å². The van der Waals surface area contributed by atoms with Crippen molar-refractivity contribution in [3.63, 3.8) is 0 Å². The molecule has 0 aliphatic heterocycles. The number of sulfonamides is 1. The summed E-state index contributed by atoms with van der Waals surface area (Å²) in [7, 11) is -3.92. The van der Waals surface area contributed by atoms with E-state index in [4.69, 9.17) is 16.7 Å². The Morgan fingerprint density at radius 1 is 1.44 bits per heavy atom. The second-order valence-electron chi connectivity index (χ2n) is 3.35. The van der Waals surface area contributed by atoms with E-state index in [-0.39, 0.29) is 35.2 Å². The molecule has 100 valence electrons. The fraction of sp³-hybridized carbons (Fsp3) is 0.333. The lowest BCUT2D eigenvalue weighted by molar-refractivity contribution is -0.385. The highest BCUT2D eigenvalue weighted by Crippen LogP contribution is 2.25. The van der Waals surface area contributed by atoms with Crippen LogP contribution in [0.25, 0.3) is 0 Å². The fourth-order valence-electron chi connectivity index (χ4n) is 1.17. The molecule has 1 aromatic carbocycles. The monoisotopic (exact) mass is 294 g/mol. The Morgan fingerprint density at radius 2 is 2.11 bits per heavy atom. The molecule has 18 heavy (non-hydrogen) atoms. The van der Waals surface area contributed by atoms with Gasteiger partial charge in [-0.1, -0.05) is 11.6 Å². The number of non-ortho nitro benzene ring substituents is 1. The van der Waals surface area contributed by atoms with Crippen molar-refractivity contribution < 1.29 is 18.4 Å². The van der Waals surface area contributed by atoms with E-state index in [0.717, 1.165) is 18.2 Å². The van der Waals surface area contributed by atoms with Gasteiger partial charge >= 0.3 is 0 Å². The van der Waals surface area contributed by atoms with Crippen LogP contribution < -0.4 is 4.72 Å². The van der Waals surface area contributed by atoms with E-state index in [0.29, 0.717) is 0 Å². The summed E-state index contributed by atoms with van der Waals surface area (Å²) in [5, 5.41) is 19.0. The van der Waals surface area contributed by atoms with Crippen molar-refractivity contribution in [1.29, 1.82) is 0 Å². The minimum Gasteiger partial charge on any atom is -0.396 e. The molecule has 9 heteroatoms. The average molecular weight is 295 g/mol. The molecule has 0 saturated carbocycles. The van der Waals surface area contributed by atoms with Crippen molar-refractivity contribution in [2.75, 3.05) is 13.2 Å². The predicted molar refractivity (Wildman–Crippen MR) is 65.0 cm³/mol. The highest BCUT2D eigenvalue weighted by molar-refractivity contribution is 7.89. The van der Waals surface area contributed by atoms with Gasteiger partial charge in [-0.15, -0.1) is 0 Å². The maximum Gasteiger partial charge on any atom is 0.270 e. The molecule has 0 heterocycles. The molecule has 0 aliphatic rings. The van der Waals surface area contributed by atoms with E-state index in [1.54, 1.807) is 0 Å². The summed E-state index contributed by atoms with van der Waals surface area (Å²) in [6.45, 7) is -0.136. The first-order valence-electron chi connectivity index (χ1n) is 4.93. The lowest BCUT2D eigenvalue weighted by atomic mass is 10.3. The minimum absolute atomic E-state index is 0.0256. The summed E-state index contributed by atoms with van der Waals surface area (Å²) in [5.74, 6) is 0. The zero-order valence-electron chi connectivity index (χ0n) is 9.17. The molecule has 0 unspecified atom stereocenters. The van der Waals surface area contributed by atoms with Crippen molar-refractivity contribution in [1.82, 2.24) is 4.72 Å². The molecule has 1 aromatic rings. The lowest BCUT2D eigenvalue weighted by Crippen LogP contribution is -2.25. The molecule has 0 fully saturated rings. The number of nitro benzene ring substituents is 1. The molecule has 0 spiro atoms. The van der Waals surface area contributed by atoms with Crippen molar-refractivity contribution in [3.8, 4) is 0 Å². The summed E-state index contributed by atoms with van der Waals surface area (Å²) in [4.78, 5) is 9.51. The molecular formula is C9H11ClN2O5S. The quantitative estimate of drug-likeness (QED) is 0.460. The first-order valence-corrected chi connectivity index (χ1v) is 6.79.